The minimum atomic E-state index is 0.699. The monoisotopic (exact) mass is 248 g/mol. The number of nitrogens with zero attached hydrogens (tertiary/aromatic N) is 2. The first-order valence-corrected chi connectivity index (χ1v) is 6.56. The largest absolute Gasteiger partial charge is 0.383 e. The Kier molecular flexibility index (Phi) is 4.64. The second-order valence-corrected chi connectivity index (χ2v) is 4.68. The van der Waals surface area contributed by atoms with Crippen LogP contribution in [0.5, 0.6) is 0 Å². The van der Waals surface area contributed by atoms with E-state index in [0.29, 0.717) is 6.61 Å². The van der Waals surface area contributed by atoms with Crippen LogP contribution >= 0.6 is 11.8 Å². The number of methoxy groups -OCH3 is 1. The zero-order chi connectivity index (χ0) is 11.9. The van der Waals surface area contributed by atoms with Crippen molar-refractivity contribution in [1.82, 2.24) is 9.78 Å². The number of rotatable bonds is 6. The van der Waals surface area contributed by atoms with E-state index in [1.807, 2.05) is 23.0 Å². The highest BCUT2D eigenvalue weighted by atomic mass is 32.2. The summed E-state index contributed by atoms with van der Waals surface area (Å²) in [4.78, 5) is 0. The molecule has 2 rings (SSSR count). The van der Waals surface area contributed by atoms with Gasteiger partial charge in [0.2, 0.25) is 0 Å². The summed E-state index contributed by atoms with van der Waals surface area (Å²) < 4.78 is 6.93. The van der Waals surface area contributed by atoms with E-state index in [-0.39, 0.29) is 0 Å². The van der Waals surface area contributed by atoms with Gasteiger partial charge in [0, 0.05) is 19.1 Å². The predicted molar refractivity (Wildman–Crippen MR) is 70.1 cm³/mol. The van der Waals surface area contributed by atoms with Gasteiger partial charge in [-0.3, -0.25) is 4.68 Å². The fourth-order valence-corrected chi connectivity index (χ4v) is 2.29. The lowest BCUT2D eigenvalue weighted by atomic mass is 10.2. The van der Waals surface area contributed by atoms with E-state index >= 15 is 0 Å². The summed E-state index contributed by atoms with van der Waals surface area (Å²) in [5, 5.41) is 5.52. The average molecular weight is 248 g/mol. The number of hydrogen-bond acceptors (Lipinski definition) is 3. The van der Waals surface area contributed by atoms with Crippen LogP contribution in [0.15, 0.2) is 47.6 Å². The lowest BCUT2D eigenvalue weighted by Crippen LogP contribution is -2.04. The molecule has 0 aliphatic rings. The van der Waals surface area contributed by atoms with Gasteiger partial charge >= 0.3 is 0 Å². The first-order valence-electron chi connectivity index (χ1n) is 5.57. The molecule has 0 bridgehead atoms. The Labute approximate surface area is 106 Å². The van der Waals surface area contributed by atoms with Crippen molar-refractivity contribution in [1.29, 1.82) is 0 Å². The molecule has 2 aromatic rings. The van der Waals surface area contributed by atoms with Crippen LogP contribution in [0.25, 0.3) is 0 Å². The van der Waals surface area contributed by atoms with Crippen LogP contribution in [0, 0.1) is 0 Å². The van der Waals surface area contributed by atoms with Crippen LogP contribution in [-0.2, 0) is 17.0 Å². The molecule has 0 aliphatic carbocycles. The number of aromatic nitrogens is 2. The van der Waals surface area contributed by atoms with E-state index in [0.717, 1.165) is 17.3 Å². The van der Waals surface area contributed by atoms with Crippen LogP contribution < -0.4 is 0 Å². The van der Waals surface area contributed by atoms with Crippen LogP contribution in [0.3, 0.4) is 0 Å². The molecule has 0 atom stereocenters. The first-order chi connectivity index (χ1) is 8.38. The second kappa shape index (κ2) is 6.47. The van der Waals surface area contributed by atoms with Gasteiger partial charge in [-0.1, -0.05) is 42.1 Å². The lowest BCUT2D eigenvalue weighted by Gasteiger charge is -2.00. The molecule has 0 unspecified atom stereocenters. The Morgan fingerprint density at radius 1 is 1.24 bits per heavy atom. The number of ether oxygens (including phenoxy) is 1. The molecule has 0 saturated heterocycles. The van der Waals surface area contributed by atoms with Gasteiger partial charge in [0.25, 0.3) is 0 Å². The Morgan fingerprint density at radius 2 is 2.06 bits per heavy atom. The maximum atomic E-state index is 5.02. The van der Waals surface area contributed by atoms with Crippen molar-refractivity contribution in [3.05, 3.63) is 48.2 Å². The molecule has 0 N–H and O–H groups in total. The third-order valence-corrected chi connectivity index (χ3v) is 3.36. The Hall–Kier alpha value is -1.26. The maximum absolute atomic E-state index is 5.02. The predicted octanol–water partition coefficient (Wildman–Crippen LogP) is 2.82. The van der Waals surface area contributed by atoms with Crippen LogP contribution in [0.4, 0.5) is 0 Å². The normalized spacial score (nSPS) is 10.6. The molecule has 1 heterocycles. The van der Waals surface area contributed by atoms with E-state index < -0.39 is 0 Å². The molecule has 0 radical (unpaired) electrons. The molecule has 1 aromatic heterocycles. The van der Waals surface area contributed by atoms with E-state index in [4.69, 9.17) is 4.74 Å². The summed E-state index contributed by atoms with van der Waals surface area (Å²) in [6.45, 7) is 1.51. The molecule has 0 aliphatic heterocycles. The topological polar surface area (TPSA) is 27.1 Å². The molecular formula is C13H16N2OS. The Morgan fingerprint density at radius 3 is 2.82 bits per heavy atom. The summed E-state index contributed by atoms with van der Waals surface area (Å²) >= 11 is 1.76. The molecule has 17 heavy (non-hydrogen) atoms. The summed E-state index contributed by atoms with van der Waals surface area (Å²) in [6.07, 6.45) is 1.99. The van der Waals surface area contributed by atoms with Crippen molar-refractivity contribution in [2.75, 3.05) is 13.7 Å². The molecule has 0 amide bonds. The molecule has 4 heteroatoms. The zero-order valence-corrected chi connectivity index (χ0v) is 10.7. The number of thioether (sulfide) groups is 1. The van der Waals surface area contributed by atoms with Crippen molar-refractivity contribution in [3.8, 4) is 0 Å². The number of hydrogen-bond donors (Lipinski definition) is 0. The average Bonchev–Trinajstić information content (AvgIpc) is 2.83. The van der Waals surface area contributed by atoms with Crippen molar-refractivity contribution in [2.45, 2.75) is 17.3 Å². The molecule has 3 nitrogen and oxygen atoms in total. The Bertz CT molecular complexity index is 442. The van der Waals surface area contributed by atoms with Crippen LogP contribution in [-0.4, -0.2) is 23.5 Å². The highest BCUT2D eigenvalue weighted by Gasteiger charge is 2.00. The molecule has 0 spiro atoms. The highest BCUT2D eigenvalue weighted by molar-refractivity contribution is 7.98. The second-order valence-electron chi connectivity index (χ2n) is 3.68. The smallest absolute Gasteiger partial charge is 0.118 e. The number of benzene rings is 1. The molecular weight excluding hydrogens is 232 g/mol. The van der Waals surface area contributed by atoms with Crippen molar-refractivity contribution in [2.24, 2.45) is 0 Å². The maximum Gasteiger partial charge on any atom is 0.118 e. The summed E-state index contributed by atoms with van der Waals surface area (Å²) in [5.74, 6) is 0.960. The highest BCUT2D eigenvalue weighted by Crippen LogP contribution is 2.20. The van der Waals surface area contributed by atoms with Crippen LogP contribution in [0.2, 0.25) is 0 Å². The summed E-state index contributed by atoms with van der Waals surface area (Å²) in [5.41, 5.74) is 1.32. The zero-order valence-electron chi connectivity index (χ0n) is 9.87. The quantitative estimate of drug-likeness (QED) is 0.736. The van der Waals surface area contributed by atoms with Gasteiger partial charge in [-0.25, -0.2) is 0 Å². The minimum Gasteiger partial charge on any atom is -0.383 e. The lowest BCUT2D eigenvalue weighted by molar-refractivity contribution is 0.183. The standard InChI is InChI=1S/C13H16N2OS/c1-16-10-9-15-8-7-13(14-15)17-11-12-5-3-2-4-6-12/h2-8H,9-11H2,1H3. The van der Waals surface area contributed by atoms with Crippen molar-refractivity contribution >= 4 is 11.8 Å². The summed E-state index contributed by atoms with van der Waals surface area (Å²) in [6, 6.07) is 12.5. The van der Waals surface area contributed by atoms with E-state index in [1.54, 1.807) is 18.9 Å². The third-order valence-electron chi connectivity index (χ3n) is 2.37. The molecule has 0 fully saturated rings. The van der Waals surface area contributed by atoms with E-state index in [9.17, 15) is 0 Å². The van der Waals surface area contributed by atoms with E-state index in [2.05, 4.69) is 29.4 Å². The van der Waals surface area contributed by atoms with Crippen molar-refractivity contribution < 1.29 is 4.74 Å². The first kappa shape index (κ1) is 12.2. The summed E-state index contributed by atoms with van der Waals surface area (Å²) in [7, 11) is 1.70. The SMILES string of the molecule is COCCn1ccc(SCc2ccccc2)n1. The Balaban J connectivity index is 1.85. The fourth-order valence-electron chi connectivity index (χ4n) is 1.46. The van der Waals surface area contributed by atoms with Crippen molar-refractivity contribution in [3.63, 3.8) is 0 Å². The van der Waals surface area contributed by atoms with Gasteiger partial charge in [-0.15, -0.1) is 0 Å². The van der Waals surface area contributed by atoms with Gasteiger partial charge in [-0.05, 0) is 11.6 Å². The molecule has 0 saturated carbocycles. The van der Waals surface area contributed by atoms with Gasteiger partial charge in [-0.2, -0.15) is 5.10 Å². The van der Waals surface area contributed by atoms with Gasteiger partial charge < -0.3 is 4.74 Å². The molecule has 1 aromatic carbocycles. The third kappa shape index (κ3) is 3.91. The van der Waals surface area contributed by atoms with Crippen LogP contribution in [0.1, 0.15) is 5.56 Å². The van der Waals surface area contributed by atoms with Gasteiger partial charge in [0.15, 0.2) is 0 Å². The van der Waals surface area contributed by atoms with Gasteiger partial charge in [0.05, 0.1) is 13.2 Å². The minimum absolute atomic E-state index is 0.699. The van der Waals surface area contributed by atoms with Gasteiger partial charge in [0.1, 0.15) is 5.03 Å². The van der Waals surface area contributed by atoms with E-state index in [1.165, 1.54) is 5.56 Å². The molecule has 90 valence electrons. The fraction of sp³-hybridized carbons (Fsp3) is 0.308.